The van der Waals surface area contributed by atoms with Crippen molar-refractivity contribution in [2.45, 2.75) is 45.7 Å². The van der Waals surface area contributed by atoms with Crippen LogP contribution in [0.15, 0.2) is 6.07 Å². The average molecular weight is 256 g/mol. The van der Waals surface area contributed by atoms with Gasteiger partial charge in [-0.2, -0.15) is 0 Å². The Kier molecular flexibility index (Phi) is 6.12. The molecule has 0 fully saturated rings. The molecule has 1 aromatic rings. The Morgan fingerprint density at radius 2 is 2.18 bits per heavy atom. The summed E-state index contributed by atoms with van der Waals surface area (Å²) in [6.07, 6.45) is 1.82. The summed E-state index contributed by atoms with van der Waals surface area (Å²) >= 11 is 1.82. The molecule has 0 saturated heterocycles. The van der Waals surface area contributed by atoms with E-state index in [1.54, 1.807) is 0 Å². The third-order valence-corrected chi connectivity index (χ3v) is 3.95. The van der Waals surface area contributed by atoms with Crippen LogP contribution in [-0.4, -0.2) is 24.3 Å². The number of thiophene rings is 1. The molecule has 2 unspecified atom stereocenters. The molecule has 0 aromatic carbocycles. The fourth-order valence-corrected chi connectivity index (χ4v) is 3.09. The zero-order valence-electron chi connectivity index (χ0n) is 11.0. The van der Waals surface area contributed by atoms with Gasteiger partial charge in [0.25, 0.3) is 0 Å². The number of rotatable bonds is 7. The van der Waals surface area contributed by atoms with E-state index in [4.69, 9.17) is 10.8 Å². The van der Waals surface area contributed by atoms with Gasteiger partial charge in [0, 0.05) is 35.0 Å². The van der Waals surface area contributed by atoms with Crippen molar-refractivity contribution in [1.29, 1.82) is 0 Å². The van der Waals surface area contributed by atoms with E-state index < -0.39 is 0 Å². The maximum Gasteiger partial charge on any atom is 0.0457 e. The number of aliphatic hydroxyl groups is 1. The number of nitrogens with two attached hydrogens (primary N) is 1. The molecule has 0 aliphatic carbocycles. The predicted molar refractivity (Wildman–Crippen MR) is 74.5 cm³/mol. The molecule has 1 rings (SSSR count). The maximum absolute atomic E-state index is 8.82. The van der Waals surface area contributed by atoms with Gasteiger partial charge < -0.3 is 16.2 Å². The summed E-state index contributed by atoms with van der Waals surface area (Å²) in [7, 11) is 0. The Balaban J connectivity index is 2.62. The summed E-state index contributed by atoms with van der Waals surface area (Å²) in [5.41, 5.74) is 7.18. The lowest BCUT2D eigenvalue weighted by atomic mass is 10.1. The monoisotopic (exact) mass is 256 g/mol. The number of aryl methyl sites for hydroxylation is 2. The smallest absolute Gasteiger partial charge is 0.0457 e. The van der Waals surface area contributed by atoms with Crippen LogP contribution in [0.25, 0.3) is 0 Å². The molecule has 4 heteroatoms. The van der Waals surface area contributed by atoms with Crippen molar-refractivity contribution in [2.24, 2.45) is 5.73 Å². The summed E-state index contributed by atoms with van der Waals surface area (Å²) in [4.78, 5) is 2.68. The highest BCUT2D eigenvalue weighted by atomic mass is 32.1. The van der Waals surface area contributed by atoms with E-state index in [0.29, 0.717) is 12.6 Å². The maximum atomic E-state index is 8.82. The SMILES string of the molecule is Cc1cc(C(CN)NC(C)CCCO)c(C)s1. The van der Waals surface area contributed by atoms with Crippen molar-refractivity contribution in [1.82, 2.24) is 5.32 Å². The Hall–Kier alpha value is -0.420. The van der Waals surface area contributed by atoms with Crippen LogP contribution in [0.5, 0.6) is 0 Å². The first-order valence-corrected chi connectivity index (χ1v) is 7.04. The van der Waals surface area contributed by atoms with Gasteiger partial charge in [0.05, 0.1) is 0 Å². The summed E-state index contributed by atoms with van der Waals surface area (Å²) in [6, 6.07) is 2.84. The molecule has 0 saturated carbocycles. The second kappa shape index (κ2) is 7.11. The van der Waals surface area contributed by atoms with E-state index in [9.17, 15) is 0 Å². The zero-order chi connectivity index (χ0) is 12.8. The lowest BCUT2D eigenvalue weighted by Gasteiger charge is -2.22. The molecule has 1 heterocycles. The largest absolute Gasteiger partial charge is 0.396 e. The highest BCUT2D eigenvalue weighted by molar-refractivity contribution is 7.12. The summed E-state index contributed by atoms with van der Waals surface area (Å²) in [5, 5.41) is 12.4. The summed E-state index contributed by atoms with van der Waals surface area (Å²) in [5.74, 6) is 0. The first kappa shape index (κ1) is 14.6. The number of hydrogen-bond acceptors (Lipinski definition) is 4. The Morgan fingerprint density at radius 3 is 2.65 bits per heavy atom. The van der Waals surface area contributed by atoms with Crippen LogP contribution in [0.2, 0.25) is 0 Å². The third-order valence-electron chi connectivity index (χ3n) is 2.97. The molecule has 98 valence electrons. The van der Waals surface area contributed by atoms with Gasteiger partial charge in [-0.1, -0.05) is 0 Å². The molecule has 0 bridgehead atoms. The lowest BCUT2D eigenvalue weighted by molar-refractivity contribution is 0.274. The molecule has 17 heavy (non-hydrogen) atoms. The molecule has 0 radical (unpaired) electrons. The van der Waals surface area contributed by atoms with E-state index in [0.717, 1.165) is 12.8 Å². The van der Waals surface area contributed by atoms with Gasteiger partial charge >= 0.3 is 0 Å². The Labute approximate surface area is 108 Å². The van der Waals surface area contributed by atoms with Crippen LogP contribution in [0.1, 0.15) is 41.1 Å². The quantitative estimate of drug-likeness (QED) is 0.700. The predicted octanol–water partition coefficient (Wildman–Crippen LogP) is 2.12. The van der Waals surface area contributed by atoms with Gasteiger partial charge in [-0.15, -0.1) is 11.3 Å². The van der Waals surface area contributed by atoms with Crippen LogP contribution in [-0.2, 0) is 0 Å². The van der Waals surface area contributed by atoms with Crippen molar-refractivity contribution >= 4 is 11.3 Å². The van der Waals surface area contributed by atoms with Crippen molar-refractivity contribution in [2.75, 3.05) is 13.2 Å². The normalized spacial score (nSPS) is 14.9. The van der Waals surface area contributed by atoms with Gasteiger partial charge in [-0.05, 0) is 45.2 Å². The highest BCUT2D eigenvalue weighted by Crippen LogP contribution is 2.26. The van der Waals surface area contributed by atoms with Crippen LogP contribution in [0.3, 0.4) is 0 Å². The average Bonchev–Trinajstić information content (AvgIpc) is 2.62. The van der Waals surface area contributed by atoms with Crippen LogP contribution in [0, 0.1) is 13.8 Å². The summed E-state index contributed by atoms with van der Waals surface area (Å²) < 4.78 is 0. The van der Waals surface area contributed by atoms with Crippen molar-refractivity contribution in [3.63, 3.8) is 0 Å². The molecule has 0 spiro atoms. The van der Waals surface area contributed by atoms with E-state index >= 15 is 0 Å². The zero-order valence-corrected chi connectivity index (χ0v) is 11.8. The van der Waals surface area contributed by atoms with Crippen molar-refractivity contribution in [3.05, 3.63) is 21.4 Å². The van der Waals surface area contributed by atoms with Gasteiger partial charge in [-0.25, -0.2) is 0 Å². The second-order valence-electron chi connectivity index (χ2n) is 4.59. The minimum atomic E-state index is 0.230. The fraction of sp³-hybridized carbons (Fsp3) is 0.692. The minimum Gasteiger partial charge on any atom is -0.396 e. The Morgan fingerprint density at radius 1 is 1.47 bits per heavy atom. The van der Waals surface area contributed by atoms with Gasteiger partial charge in [-0.3, -0.25) is 0 Å². The third kappa shape index (κ3) is 4.39. The van der Waals surface area contributed by atoms with Gasteiger partial charge in [0.2, 0.25) is 0 Å². The number of nitrogens with one attached hydrogen (secondary N) is 1. The molecule has 3 nitrogen and oxygen atoms in total. The van der Waals surface area contributed by atoms with E-state index in [1.165, 1.54) is 15.3 Å². The molecule has 0 amide bonds. The molecule has 1 aromatic heterocycles. The van der Waals surface area contributed by atoms with E-state index in [2.05, 4.69) is 32.2 Å². The fourth-order valence-electron chi connectivity index (χ4n) is 2.11. The van der Waals surface area contributed by atoms with Gasteiger partial charge in [0.15, 0.2) is 0 Å². The van der Waals surface area contributed by atoms with Crippen LogP contribution >= 0.6 is 11.3 Å². The molecule has 0 aliphatic heterocycles. The number of hydrogen-bond donors (Lipinski definition) is 3. The van der Waals surface area contributed by atoms with E-state index in [-0.39, 0.29) is 12.6 Å². The second-order valence-corrected chi connectivity index (χ2v) is 6.05. The van der Waals surface area contributed by atoms with E-state index in [1.807, 2.05) is 11.3 Å². The first-order chi connectivity index (χ1) is 8.08. The first-order valence-electron chi connectivity index (χ1n) is 6.22. The van der Waals surface area contributed by atoms with Crippen molar-refractivity contribution in [3.8, 4) is 0 Å². The topological polar surface area (TPSA) is 58.3 Å². The van der Waals surface area contributed by atoms with Crippen LogP contribution in [0.4, 0.5) is 0 Å². The van der Waals surface area contributed by atoms with Gasteiger partial charge in [0.1, 0.15) is 0 Å². The summed E-state index contributed by atoms with van der Waals surface area (Å²) in [6.45, 7) is 7.29. The number of aliphatic hydroxyl groups excluding tert-OH is 1. The lowest BCUT2D eigenvalue weighted by Crippen LogP contribution is -2.35. The minimum absolute atomic E-state index is 0.230. The standard InChI is InChI=1S/C13H24N2OS/c1-9(5-4-6-16)15-13(8-14)12-7-10(2)17-11(12)3/h7,9,13,15-16H,4-6,8,14H2,1-3H3. The molecular formula is C13H24N2OS. The Bertz CT molecular complexity index is 338. The molecular weight excluding hydrogens is 232 g/mol. The molecule has 2 atom stereocenters. The highest BCUT2D eigenvalue weighted by Gasteiger charge is 2.16. The van der Waals surface area contributed by atoms with Crippen molar-refractivity contribution < 1.29 is 5.11 Å². The molecule has 4 N–H and O–H groups in total. The molecule has 0 aliphatic rings. The van der Waals surface area contributed by atoms with Crippen LogP contribution < -0.4 is 11.1 Å².